The molecule has 26 heavy (non-hydrogen) atoms. The van der Waals surface area contributed by atoms with Gasteiger partial charge < -0.3 is 9.57 Å². The van der Waals surface area contributed by atoms with Crippen molar-refractivity contribution in [3.63, 3.8) is 0 Å². The van der Waals surface area contributed by atoms with Crippen molar-refractivity contribution < 1.29 is 14.4 Å². The maximum Gasteiger partial charge on any atom is 0.338 e. The molecule has 3 aromatic carbocycles. The number of rotatable bonds is 4. The fraction of sp³-hybridized carbons (Fsp3) is 0.143. The molecule has 1 heterocycles. The molecule has 130 valence electrons. The lowest BCUT2D eigenvalue weighted by atomic mass is 10.1. The Labute approximate surface area is 159 Å². The van der Waals surface area contributed by atoms with Crippen molar-refractivity contribution in [3.8, 4) is 0 Å². The second-order valence-corrected chi connectivity index (χ2v) is 7.05. The number of fused-ring (bicyclic) bond motifs is 1. The molecule has 0 bridgehead atoms. The minimum atomic E-state index is -0.351. The molecule has 0 saturated heterocycles. The third-order valence-corrected chi connectivity index (χ3v) is 4.82. The molecule has 1 atom stereocenters. The van der Waals surface area contributed by atoms with Gasteiger partial charge in [0.15, 0.2) is 6.10 Å². The molecule has 3 aromatic rings. The van der Waals surface area contributed by atoms with Crippen LogP contribution >= 0.6 is 15.9 Å². The highest BCUT2D eigenvalue weighted by molar-refractivity contribution is 9.10. The smallest absolute Gasteiger partial charge is 0.338 e. The van der Waals surface area contributed by atoms with Crippen LogP contribution in [0.4, 0.5) is 0 Å². The first-order valence-electron chi connectivity index (χ1n) is 8.33. The summed E-state index contributed by atoms with van der Waals surface area (Å²) in [5.74, 6) is -0.351. The van der Waals surface area contributed by atoms with Gasteiger partial charge in [-0.15, -0.1) is 0 Å². The lowest BCUT2D eigenvalue weighted by Crippen LogP contribution is -2.19. The fourth-order valence-corrected chi connectivity index (χ4v) is 3.16. The molecular weight excluding hydrogens is 394 g/mol. The minimum absolute atomic E-state index is 0.176. The van der Waals surface area contributed by atoms with E-state index in [1.165, 1.54) is 0 Å². The Bertz CT molecular complexity index is 982. The Morgan fingerprint density at radius 1 is 1.08 bits per heavy atom. The van der Waals surface area contributed by atoms with E-state index in [1.807, 2.05) is 60.7 Å². The van der Waals surface area contributed by atoms with E-state index < -0.39 is 0 Å². The van der Waals surface area contributed by atoms with E-state index in [1.54, 1.807) is 6.07 Å². The molecule has 0 aliphatic carbocycles. The standard InChI is InChI=1S/C21H16BrNO3/c22-18-9-7-15(8-10-18)20-12-19(26-23-20)13-25-21(24)17-6-5-14-3-1-2-4-16(14)11-17/h1-11,19H,12-13H2. The van der Waals surface area contributed by atoms with Crippen LogP contribution < -0.4 is 0 Å². The number of nitrogens with zero attached hydrogens (tertiary/aromatic N) is 1. The van der Waals surface area contributed by atoms with Crippen molar-refractivity contribution in [2.45, 2.75) is 12.5 Å². The second-order valence-electron chi connectivity index (χ2n) is 6.14. The van der Waals surface area contributed by atoms with Gasteiger partial charge in [-0.2, -0.15) is 0 Å². The summed E-state index contributed by atoms with van der Waals surface area (Å²) in [4.78, 5) is 17.7. The van der Waals surface area contributed by atoms with Crippen molar-refractivity contribution >= 4 is 38.4 Å². The Morgan fingerprint density at radius 2 is 1.85 bits per heavy atom. The minimum Gasteiger partial charge on any atom is -0.458 e. The summed E-state index contributed by atoms with van der Waals surface area (Å²) in [6.45, 7) is 0.176. The van der Waals surface area contributed by atoms with Crippen molar-refractivity contribution in [1.82, 2.24) is 0 Å². The topological polar surface area (TPSA) is 47.9 Å². The lowest BCUT2D eigenvalue weighted by molar-refractivity contribution is 0.00687. The average Bonchev–Trinajstić information content (AvgIpc) is 3.15. The van der Waals surface area contributed by atoms with Gasteiger partial charge in [0, 0.05) is 10.9 Å². The second kappa shape index (κ2) is 7.30. The number of halogens is 1. The predicted molar refractivity (Wildman–Crippen MR) is 104 cm³/mol. The van der Waals surface area contributed by atoms with Crippen LogP contribution in [0.2, 0.25) is 0 Å². The van der Waals surface area contributed by atoms with Crippen molar-refractivity contribution in [2.75, 3.05) is 6.61 Å². The molecule has 0 fully saturated rings. The van der Waals surface area contributed by atoms with Gasteiger partial charge in [0.05, 0.1) is 11.3 Å². The number of carbonyl (C=O) groups excluding carboxylic acids is 1. The normalized spacial score (nSPS) is 16.2. The Hall–Kier alpha value is -2.66. The lowest BCUT2D eigenvalue weighted by Gasteiger charge is -2.10. The van der Waals surface area contributed by atoms with E-state index in [2.05, 4.69) is 21.1 Å². The molecule has 1 aliphatic rings. The van der Waals surface area contributed by atoms with E-state index in [-0.39, 0.29) is 18.7 Å². The van der Waals surface area contributed by atoms with Gasteiger partial charge in [-0.1, -0.05) is 63.6 Å². The van der Waals surface area contributed by atoms with Crippen LogP contribution in [0.1, 0.15) is 22.3 Å². The molecule has 0 radical (unpaired) electrons. The molecule has 0 spiro atoms. The van der Waals surface area contributed by atoms with E-state index in [0.29, 0.717) is 12.0 Å². The van der Waals surface area contributed by atoms with Crippen LogP contribution in [0.15, 0.2) is 76.4 Å². The quantitative estimate of drug-likeness (QED) is 0.572. The molecule has 1 aliphatic heterocycles. The molecule has 0 amide bonds. The van der Waals surface area contributed by atoms with Gasteiger partial charge >= 0.3 is 5.97 Å². The largest absolute Gasteiger partial charge is 0.458 e. The van der Waals surface area contributed by atoms with Gasteiger partial charge in [-0.3, -0.25) is 0 Å². The Balaban J connectivity index is 1.35. The first-order chi connectivity index (χ1) is 12.7. The van der Waals surface area contributed by atoms with E-state index in [4.69, 9.17) is 9.57 Å². The van der Waals surface area contributed by atoms with Gasteiger partial charge in [-0.25, -0.2) is 4.79 Å². The van der Waals surface area contributed by atoms with Crippen LogP contribution in [-0.4, -0.2) is 24.4 Å². The van der Waals surface area contributed by atoms with Gasteiger partial charge in [0.25, 0.3) is 0 Å². The Kier molecular flexibility index (Phi) is 4.71. The molecule has 0 N–H and O–H groups in total. The number of benzene rings is 3. The highest BCUT2D eigenvalue weighted by Gasteiger charge is 2.24. The summed E-state index contributed by atoms with van der Waals surface area (Å²) < 4.78 is 6.43. The summed E-state index contributed by atoms with van der Waals surface area (Å²) >= 11 is 3.42. The van der Waals surface area contributed by atoms with Crippen LogP contribution in [0.3, 0.4) is 0 Å². The molecule has 5 heteroatoms. The molecule has 1 unspecified atom stereocenters. The monoisotopic (exact) mass is 409 g/mol. The third-order valence-electron chi connectivity index (χ3n) is 4.30. The van der Waals surface area contributed by atoms with Gasteiger partial charge in [0.1, 0.15) is 6.61 Å². The third kappa shape index (κ3) is 3.63. The Morgan fingerprint density at radius 3 is 2.65 bits per heavy atom. The summed E-state index contributed by atoms with van der Waals surface area (Å²) in [6.07, 6.45) is 0.366. The van der Waals surface area contributed by atoms with E-state index in [9.17, 15) is 4.79 Å². The number of esters is 1. The molecule has 4 rings (SSSR count). The number of hydrogen-bond acceptors (Lipinski definition) is 4. The summed E-state index contributed by atoms with van der Waals surface area (Å²) in [6, 6.07) is 21.4. The molecule has 4 nitrogen and oxygen atoms in total. The molecule has 0 aromatic heterocycles. The fourth-order valence-electron chi connectivity index (χ4n) is 2.90. The molecule has 0 saturated carbocycles. The maximum atomic E-state index is 12.3. The van der Waals surface area contributed by atoms with Gasteiger partial charge in [0.2, 0.25) is 0 Å². The summed E-state index contributed by atoms with van der Waals surface area (Å²) in [7, 11) is 0. The van der Waals surface area contributed by atoms with Crippen molar-refractivity contribution in [1.29, 1.82) is 0 Å². The van der Waals surface area contributed by atoms with Gasteiger partial charge in [-0.05, 0) is 40.6 Å². The van der Waals surface area contributed by atoms with Crippen LogP contribution in [0, 0.1) is 0 Å². The SMILES string of the molecule is O=C(OCC1CC(c2ccc(Br)cc2)=NO1)c1ccc2ccccc2c1. The zero-order valence-corrected chi connectivity index (χ0v) is 15.5. The average molecular weight is 410 g/mol. The zero-order chi connectivity index (χ0) is 17.9. The molecular formula is C21H16BrNO3. The van der Waals surface area contributed by atoms with E-state index >= 15 is 0 Å². The van der Waals surface area contributed by atoms with Crippen molar-refractivity contribution in [3.05, 3.63) is 82.3 Å². The van der Waals surface area contributed by atoms with Crippen LogP contribution in [-0.2, 0) is 9.57 Å². The van der Waals surface area contributed by atoms with E-state index in [0.717, 1.165) is 26.5 Å². The number of carbonyl (C=O) groups is 1. The number of oxime groups is 1. The number of ether oxygens (including phenoxy) is 1. The summed E-state index contributed by atoms with van der Waals surface area (Å²) in [5.41, 5.74) is 2.41. The first-order valence-corrected chi connectivity index (χ1v) is 9.13. The highest BCUT2D eigenvalue weighted by Crippen LogP contribution is 2.20. The highest BCUT2D eigenvalue weighted by atomic mass is 79.9. The van der Waals surface area contributed by atoms with Crippen molar-refractivity contribution in [2.24, 2.45) is 5.16 Å². The van der Waals surface area contributed by atoms with Crippen LogP contribution in [0.5, 0.6) is 0 Å². The predicted octanol–water partition coefficient (Wildman–Crippen LogP) is 4.95. The number of hydrogen-bond donors (Lipinski definition) is 0. The van der Waals surface area contributed by atoms with Crippen LogP contribution in [0.25, 0.3) is 10.8 Å². The summed E-state index contributed by atoms with van der Waals surface area (Å²) in [5, 5.41) is 6.23. The maximum absolute atomic E-state index is 12.3. The first kappa shape index (κ1) is 16.8. The zero-order valence-electron chi connectivity index (χ0n) is 13.9.